The second-order valence-electron chi connectivity index (χ2n) is 7.97. The molecule has 0 spiro atoms. The lowest BCUT2D eigenvalue weighted by molar-refractivity contribution is -0.142. The van der Waals surface area contributed by atoms with E-state index in [4.69, 9.17) is 34.2 Å². The quantitative estimate of drug-likeness (QED) is 0.261. The monoisotopic (exact) mass is 485 g/mol. The number of nitrogens with zero attached hydrogens (tertiary/aromatic N) is 3. The van der Waals surface area contributed by atoms with Crippen LogP contribution in [0.1, 0.15) is 44.6 Å². The molecule has 1 aromatic rings. The standard InChI is InChI=1S/C24H25Cl2N5O2/c1-15(12-18-19(25)4-2-5-20(18)26)13-21(29-17-10-8-16(14-27)9-11-17)30-24(28)31-22(32)6-3-7-23(31)33/h2,4,8-11,13,15,20,29H,3,5-7,12H2,1H3,(H2,28,30)/b21-13-. The maximum atomic E-state index is 12.2. The number of imide groups is 1. The van der Waals surface area contributed by atoms with Crippen molar-refractivity contribution in [3.63, 3.8) is 0 Å². The molecule has 9 heteroatoms. The lowest BCUT2D eigenvalue weighted by Crippen LogP contribution is -2.48. The summed E-state index contributed by atoms with van der Waals surface area (Å²) >= 11 is 12.8. The van der Waals surface area contributed by atoms with E-state index in [0.717, 1.165) is 10.5 Å². The molecule has 1 aliphatic carbocycles. The first-order chi connectivity index (χ1) is 15.8. The van der Waals surface area contributed by atoms with Gasteiger partial charge in [0, 0.05) is 23.6 Å². The molecule has 172 valence electrons. The molecule has 33 heavy (non-hydrogen) atoms. The zero-order valence-electron chi connectivity index (χ0n) is 18.2. The molecule has 3 rings (SSSR count). The highest BCUT2D eigenvalue weighted by Crippen LogP contribution is 2.32. The van der Waals surface area contributed by atoms with Crippen molar-refractivity contribution in [1.82, 2.24) is 4.90 Å². The number of nitrogens with one attached hydrogen (secondary N) is 1. The van der Waals surface area contributed by atoms with Crippen molar-refractivity contribution in [2.75, 3.05) is 5.32 Å². The number of guanidine groups is 1. The van der Waals surface area contributed by atoms with Gasteiger partial charge in [0.1, 0.15) is 5.82 Å². The second kappa shape index (κ2) is 11.2. The van der Waals surface area contributed by atoms with Crippen molar-refractivity contribution < 1.29 is 9.59 Å². The van der Waals surface area contributed by atoms with Crippen molar-refractivity contribution in [2.45, 2.75) is 44.4 Å². The third-order valence-corrected chi connectivity index (χ3v) is 6.12. The number of halogens is 2. The van der Waals surface area contributed by atoms with Gasteiger partial charge in [-0.2, -0.15) is 10.3 Å². The van der Waals surface area contributed by atoms with E-state index in [1.807, 2.05) is 25.2 Å². The van der Waals surface area contributed by atoms with Crippen molar-refractivity contribution in [3.05, 3.63) is 64.5 Å². The first-order valence-corrected chi connectivity index (χ1v) is 11.5. The Labute approximate surface area is 203 Å². The summed E-state index contributed by atoms with van der Waals surface area (Å²) in [6.07, 6.45) is 7.97. The largest absolute Gasteiger partial charge is 0.369 e. The minimum atomic E-state index is -0.366. The average molecular weight is 486 g/mol. The third kappa shape index (κ3) is 6.47. The van der Waals surface area contributed by atoms with E-state index in [2.05, 4.69) is 16.4 Å². The summed E-state index contributed by atoms with van der Waals surface area (Å²) in [7, 11) is 0. The van der Waals surface area contributed by atoms with Gasteiger partial charge >= 0.3 is 0 Å². The predicted octanol–water partition coefficient (Wildman–Crippen LogP) is 4.75. The third-order valence-electron chi connectivity index (χ3n) is 5.31. The molecule has 1 saturated heterocycles. The Balaban J connectivity index is 1.90. The topological polar surface area (TPSA) is 112 Å². The SMILES string of the molecule is CC(/C=C(\N=C(N)N1C(=O)CCCC1=O)Nc1ccc(C#N)cc1)CC1=C(Cl)C=CCC1Cl. The van der Waals surface area contributed by atoms with Crippen LogP contribution in [0.4, 0.5) is 5.69 Å². The normalized spacial score (nSPS) is 20.7. The minimum absolute atomic E-state index is 0.0355. The van der Waals surface area contributed by atoms with Crippen LogP contribution in [0.25, 0.3) is 0 Å². The van der Waals surface area contributed by atoms with Crippen molar-refractivity contribution in [3.8, 4) is 6.07 Å². The maximum absolute atomic E-state index is 12.2. The van der Waals surface area contributed by atoms with E-state index in [0.29, 0.717) is 41.4 Å². The van der Waals surface area contributed by atoms with E-state index in [1.165, 1.54) is 0 Å². The molecule has 1 heterocycles. The van der Waals surface area contributed by atoms with Crippen LogP contribution in [-0.4, -0.2) is 28.1 Å². The molecular weight excluding hydrogens is 461 g/mol. The second-order valence-corrected chi connectivity index (χ2v) is 8.91. The summed E-state index contributed by atoms with van der Waals surface area (Å²) in [4.78, 5) is 29.8. The van der Waals surface area contributed by atoms with Gasteiger partial charge in [-0.1, -0.05) is 24.6 Å². The minimum Gasteiger partial charge on any atom is -0.369 e. The van der Waals surface area contributed by atoms with Crippen LogP contribution in [0.2, 0.25) is 0 Å². The van der Waals surface area contributed by atoms with E-state index < -0.39 is 0 Å². The molecule has 2 atom stereocenters. The van der Waals surface area contributed by atoms with Gasteiger partial charge in [0.25, 0.3) is 0 Å². The van der Waals surface area contributed by atoms with Crippen molar-refractivity contribution >= 4 is 46.7 Å². The number of benzene rings is 1. The molecule has 2 amide bonds. The zero-order chi connectivity index (χ0) is 24.0. The Hall–Kier alpha value is -3.08. The van der Waals surface area contributed by atoms with Crippen LogP contribution >= 0.6 is 23.2 Å². The molecule has 2 aliphatic rings. The number of nitrogens with two attached hydrogens (primary N) is 1. The van der Waals surface area contributed by atoms with Crippen LogP contribution in [0.15, 0.2) is 63.9 Å². The number of nitriles is 1. The maximum Gasteiger partial charge on any atom is 0.236 e. The summed E-state index contributed by atoms with van der Waals surface area (Å²) in [6, 6.07) is 8.89. The van der Waals surface area contributed by atoms with Gasteiger partial charge in [-0.3, -0.25) is 9.59 Å². The Kier molecular flexibility index (Phi) is 8.32. The first kappa shape index (κ1) is 24.6. The van der Waals surface area contributed by atoms with E-state index in [9.17, 15) is 9.59 Å². The molecule has 2 unspecified atom stereocenters. The van der Waals surface area contributed by atoms with Gasteiger partial charge in [0.2, 0.25) is 17.8 Å². The Bertz CT molecular complexity index is 1070. The fourth-order valence-corrected chi connectivity index (χ4v) is 4.32. The number of rotatable bonds is 6. The summed E-state index contributed by atoms with van der Waals surface area (Å²) in [6.45, 7) is 1.99. The predicted molar refractivity (Wildman–Crippen MR) is 130 cm³/mol. The lowest BCUT2D eigenvalue weighted by atomic mass is 9.94. The molecule has 1 fully saturated rings. The number of hydrogen-bond acceptors (Lipinski definition) is 5. The summed E-state index contributed by atoms with van der Waals surface area (Å²) in [5, 5.41) is 12.6. The number of amides is 2. The number of likely N-dealkylation sites (tertiary alicyclic amines) is 1. The number of aliphatic imine (C=N–C) groups is 1. The summed E-state index contributed by atoms with van der Waals surface area (Å²) in [5.74, 6) is -0.586. The summed E-state index contributed by atoms with van der Waals surface area (Å²) < 4.78 is 0. The zero-order valence-corrected chi connectivity index (χ0v) is 19.7. The van der Waals surface area contributed by atoms with Crippen LogP contribution in [0.3, 0.4) is 0 Å². The number of carbonyl (C=O) groups is 2. The average Bonchev–Trinajstić information content (AvgIpc) is 2.77. The molecule has 0 aromatic heterocycles. The molecule has 0 bridgehead atoms. The molecule has 7 nitrogen and oxygen atoms in total. The number of anilines is 1. The number of alkyl halides is 1. The lowest BCUT2D eigenvalue weighted by Gasteiger charge is -2.24. The van der Waals surface area contributed by atoms with Crippen LogP contribution < -0.4 is 11.1 Å². The van der Waals surface area contributed by atoms with Gasteiger partial charge in [-0.25, -0.2) is 4.90 Å². The molecular formula is C24H25Cl2N5O2. The smallest absolute Gasteiger partial charge is 0.236 e. The van der Waals surface area contributed by atoms with Crippen LogP contribution in [0.5, 0.6) is 0 Å². The highest BCUT2D eigenvalue weighted by Gasteiger charge is 2.29. The van der Waals surface area contributed by atoms with E-state index in [1.54, 1.807) is 24.3 Å². The molecule has 1 aliphatic heterocycles. The fraction of sp³-hybridized carbons (Fsp3) is 0.333. The van der Waals surface area contributed by atoms with Gasteiger partial charge in [-0.05, 0) is 67.2 Å². The van der Waals surface area contributed by atoms with Crippen LogP contribution in [0, 0.1) is 17.2 Å². The Morgan fingerprint density at radius 3 is 2.61 bits per heavy atom. The molecule has 0 radical (unpaired) electrons. The molecule has 1 aromatic carbocycles. The number of allylic oxidation sites excluding steroid dienone is 5. The fourth-order valence-electron chi connectivity index (χ4n) is 3.66. The van der Waals surface area contributed by atoms with Crippen molar-refractivity contribution in [2.24, 2.45) is 16.6 Å². The highest BCUT2D eigenvalue weighted by molar-refractivity contribution is 6.33. The van der Waals surface area contributed by atoms with Gasteiger partial charge in [0.05, 0.1) is 17.0 Å². The van der Waals surface area contributed by atoms with Crippen LogP contribution in [-0.2, 0) is 9.59 Å². The number of piperidine rings is 1. The highest BCUT2D eigenvalue weighted by atomic mass is 35.5. The van der Waals surface area contributed by atoms with Gasteiger partial charge < -0.3 is 11.1 Å². The Morgan fingerprint density at radius 2 is 2.00 bits per heavy atom. The first-order valence-electron chi connectivity index (χ1n) is 10.7. The molecule has 3 N–H and O–H groups in total. The number of hydrogen-bond donors (Lipinski definition) is 2. The van der Waals surface area contributed by atoms with E-state index >= 15 is 0 Å². The summed E-state index contributed by atoms with van der Waals surface area (Å²) in [5.41, 5.74) is 8.22. The van der Waals surface area contributed by atoms with E-state index in [-0.39, 0.29) is 41.9 Å². The molecule has 0 saturated carbocycles. The Morgan fingerprint density at radius 1 is 1.33 bits per heavy atom. The van der Waals surface area contributed by atoms with Gasteiger partial charge in [0.15, 0.2) is 0 Å². The van der Waals surface area contributed by atoms with Gasteiger partial charge in [-0.15, -0.1) is 11.6 Å². The number of carbonyl (C=O) groups excluding carboxylic acids is 2. The van der Waals surface area contributed by atoms with Crippen molar-refractivity contribution in [1.29, 1.82) is 5.26 Å².